The molecule has 12 nitrogen and oxygen atoms in total. The number of benzene rings is 3. The molecule has 0 spiro atoms. The number of alkyl halides is 1. The van der Waals surface area contributed by atoms with Crippen LogP contribution in [0.2, 0.25) is 0 Å². The van der Waals surface area contributed by atoms with Crippen molar-refractivity contribution in [2.45, 2.75) is 38.0 Å². The van der Waals surface area contributed by atoms with Crippen LogP contribution in [-0.2, 0) is 26.3 Å². The minimum absolute atomic E-state index is 0.0119. The molecule has 267 valence electrons. The lowest BCUT2D eigenvalue weighted by atomic mass is 9.62. The number of carbonyl (C=O) groups is 4. The smallest absolute Gasteiger partial charge is 0.301 e. The highest BCUT2D eigenvalue weighted by Crippen LogP contribution is 2.29. The Morgan fingerprint density at radius 2 is 1.79 bits per heavy atom. The van der Waals surface area contributed by atoms with E-state index in [-0.39, 0.29) is 67.5 Å². The normalized spacial score (nSPS) is 19.1. The number of halogens is 2. The first kappa shape index (κ1) is 34.4. The van der Waals surface area contributed by atoms with E-state index in [0.717, 1.165) is 33.0 Å². The number of rotatable bonds is 9. The molecule has 3 aliphatic heterocycles. The Kier molecular flexibility index (Phi) is 8.65. The van der Waals surface area contributed by atoms with Crippen molar-refractivity contribution in [3.05, 3.63) is 107 Å². The van der Waals surface area contributed by atoms with Crippen LogP contribution >= 0.6 is 0 Å². The lowest BCUT2D eigenvalue weighted by Gasteiger charge is -2.29. The minimum atomic E-state index is -4.11. The second-order valence-electron chi connectivity index (χ2n) is 13.2. The third-order valence-electron chi connectivity index (χ3n) is 9.82. The maximum atomic E-state index is 15.0. The molecule has 0 saturated carbocycles. The number of pyridine rings is 1. The molecule has 3 aromatic carbocycles. The van der Waals surface area contributed by atoms with Crippen molar-refractivity contribution in [2.75, 3.05) is 17.8 Å². The van der Waals surface area contributed by atoms with Crippen molar-refractivity contribution in [3.8, 4) is 11.1 Å². The zero-order valence-electron chi connectivity index (χ0n) is 27.9. The van der Waals surface area contributed by atoms with Crippen molar-refractivity contribution >= 4 is 68.6 Å². The maximum Gasteiger partial charge on any atom is 0.301 e. The van der Waals surface area contributed by atoms with Crippen LogP contribution in [0.3, 0.4) is 0 Å². The van der Waals surface area contributed by atoms with Gasteiger partial charge in [-0.1, -0.05) is 53.4 Å². The van der Waals surface area contributed by atoms with Gasteiger partial charge in [0.25, 0.3) is 5.91 Å². The van der Waals surface area contributed by atoms with E-state index in [9.17, 15) is 32.0 Å². The highest BCUT2D eigenvalue weighted by molar-refractivity contribution is 7.90. The van der Waals surface area contributed by atoms with Crippen LogP contribution in [0.4, 0.5) is 14.5 Å². The van der Waals surface area contributed by atoms with Crippen molar-refractivity contribution in [3.63, 3.8) is 0 Å². The summed E-state index contributed by atoms with van der Waals surface area (Å²) in [5.74, 6) is -2.61. The number of imide groups is 1. The molecule has 5 aromatic rings. The fourth-order valence-corrected chi connectivity index (χ4v) is 8.35. The van der Waals surface area contributed by atoms with E-state index in [1.165, 1.54) is 17.2 Å². The molecule has 2 fully saturated rings. The van der Waals surface area contributed by atoms with Crippen LogP contribution in [0, 0.1) is 5.82 Å². The van der Waals surface area contributed by atoms with Gasteiger partial charge in [0, 0.05) is 60.5 Å². The van der Waals surface area contributed by atoms with E-state index < -0.39 is 39.9 Å². The molecule has 1 radical (unpaired) electrons. The van der Waals surface area contributed by atoms with Gasteiger partial charge >= 0.3 is 10.2 Å². The fraction of sp³-hybridized carbons (Fsp3) is 0.216. The molecule has 53 heavy (non-hydrogen) atoms. The molecular formula is C37H30BF2N6O6S. The lowest BCUT2D eigenvalue weighted by molar-refractivity contribution is -0.136. The third kappa shape index (κ3) is 6.48. The van der Waals surface area contributed by atoms with E-state index >= 15 is 4.39 Å². The Morgan fingerprint density at radius 1 is 0.981 bits per heavy atom. The number of nitrogens with one attached hydrogen (secondary N) is 3. The van der Waals surface area contributed by atoms with E-state index in [1.807, 2.05) is 49.7 Å². The summed E-state index contributed by atoms with van der Waals surface area (Å²) < 4.78 is 57.5. The van der Waals surface area contributed by atoms with Crippen molar-refractivity contribution in [1.29, 1.82) is 0 Å². The predicted molar refractivity (Wildman–Crippen MR) is 192 cm³/mol. The van der Waals surface area contributed by atoms with E-state index in [4.69, 9.17) is 0 Å². The van der Waals surface area contributed by atoms with Crippen LogP contribution in [0.5, 0.6) is 0 Å². The Hall–Kier alpha value is -5.74. The molecule has 3 N–H and O–H groups in total. The summed E-state index contributed by atoms with van der Waals surface area (Å²) in [6, 6.07) is 17.4. The van der Waals surface area contributed by atoms with Crippen LogP contribution < -0.4 is 21.0 Å². The predicted octanol–water partition coefficient (Wildman–Crippen LogP) is 2.72. The Balaban J connectivity index is 1.01. The zero-order valence-corrected chi connectivity index (χ0v) is 28.8. The highest BCUT2D eigenvalue weighted by atomic mass is 32.2. The molecule has 5 heterocycles. The van der Waals surface area contributed by atoms with Gasteiger partial charge in [0.15, 0.2) is 13.1 Å². The second-order valence-corrected chi connectivity index (χ2v) is 14.9. The molecule has 0 bridgehead atoms. The molecule has 3 aliphatic rings. The van der Waals surface area contributed by atoms with Gasteiger partial charge in [-0.2, -0.15) is 12.7 Å². The molecular weight excluding hydrogens is 705 g/mol. The summed E-state index contributed by atoms with van der Waals surface area (Å²) in [7, 11) is -2.23. The first-order valence-corrected chi connectivity index (χ1v) is 18.3. The van der Waals surface area contributed by atoms with Gasteiger partial charge in [-0.25, -0.2) is 13.8 Å². The molecule has 2 atom stereocenters. The number of hydrogen-bond donors (Lipinski definition) is 3. The molecule has 16 heteroatoms. The monoisotopic (exact) mass is 735 g/mol. The quantitative estimate of drug-likeness (QED) is 0.119. The van der Waals surface area contributed by atoms with Gasteiger partial charge in [-0.3, -0.25) is 29.2 Å². The van der Waals surface area contributed by atoms with Gasteiger partial charge in [-0.05, 0) is 48.2 Å². The number of nitrogens with zero attached hydrogens (tertiary/aromatic N) is 3. The van der Waals surface area contributed by atoms with Crippen LogP contribution in [0.1, 0.15) is 51.1 Å². The standard InChI is InChI=1S/C37H30BF2N6O6S/c39-24-12-13-45(19-24)53(51,52)44-25-8-9-30(40)27(15-25)34(48)28-17-42-35-26(28)14-22(16-41-35)20-4-6-23(7-5-20)38-29-3-1-2-21-18-46(37(50)33(21)29)31-10-11-32(47)43-36(31)49/h1-9,14-17,24,31,44H,10-13,18-19H2,(H,41,42)(H,43,47,49)/t24-,31?/m1/s1. The Morgan fingerprint density at radius 3 is 2.55 bits per heavy atom. The number of aromatic amines is 1. The second kappa shape index (κ2) is 13.4. The summed E-state index contributed by atoms with van der Waals surface area (Å²) in [4.78, 5) is 60.3. The summed E-state index contributed by atoms with van der Waals surface area (Å²) >= 11 is 0. The molecule has 2 saturated heterocycles. The number of anilines is 1. The lowest BCUT2D eigenvalue weighted by Crippen LogP contribution is -2.52. The van der Waals surface area contributed by atoms with Gasteiger partial charge in [0.05, 0.1) is 11.3 Å². The van der Waals surface area contributed by atoms with Gasteiger partial charge < -0.3 is 9.88 Å². The first-order chi connectivity index (χ1) is 25.4. The molecule has 8 rings (SSSR count). The molecule has 3 amide bonds. The SMILES string of the molecule is O=C1CCC(N2Cc3cccc([B]c4ccc(-c5cnc6[nH]cc(C(=O)c7cc(NS(=O)(=O)N8CC[C@@H](F)C8)ccc7F)c6c5)cc4)c3C2=O)C(=O)N1. The van der Waals surface area contributed by atoms with E-state index in [2.05, 4.69) is 20.0 Å². The van der Waals surface area contributed by atoms with Gasteiger partial charge in [0.2, 0.25) is 11.8 Å². The number of H-pyrrole nitrogens is 1. The number of aromatic nitrogens is 2. The average molecular weight is 736 g/mol. The van der Waals surface area contributed by atoms with Crippen LogP contribution in [-0.4, -0.2) is 83.7 Å². The number of hydrogen-bond acceptors (Lipinski definition) is 7. The third-order valence-corrected chi connectivity index (χ3v) is 11.3. The van der Waals surface area contributed by atoms with Crippen LogP contribution in [0.25, 0.3) is 22.2 Å². The van der Waals surface area contributed by atoms with E-state index in [1.54, 1.807) is 12.3 Å². The van der Waals surface area contributed by atoms with Crippen molar-refractivity contribution < 1.29 is 36.4 Å². The van der Waals surface area contributed by atoms with Crippen LogP contribution in [0.15, 0.2) is 79.1 Å². The minimum Gasteiger partial charge on any atom is -0.345 e. The van der Waals surface area contributed by atoms with Crippen molar-refractivity contribution in [2.24, 2.45) is 0 Å². The number of amides is 3. The Bertz CT molecular complexity index is 2460. The fourth-order valence-electron chi connectivity index (χ4n) is 7.09. The zero-order chi connectivity index (χ0) is 37.0. The topological polar surface area (TPSA) is 162 Å². The van der Waals surface area contributed by atoms with Gasteiger partial charge in [0.1, 0.15) is 23.7 Å². The largest absolute Gasteiger partial charge is 0.345 e. The number of carbonyl (C=O) groups excluding carboxylic acids is 4. The summed E-state index contributed by atoms with van der Waals surface area (Å²) in [5.41, 5.74) is 4.39. The summed E-state index contributed by atoms with van der Waals surface area (Å²) in [6.07, 6.45) is 2.32. The molecule has 2 aromatic heterocycles. The molecule has 1 unspecified atom stereocenters. The first-order valence-electron chi connectivity index (χ1n) is 16.9. The Labute approximate surface area is 303 Å². The highest BCUT2D eigenvalue weighted by Gasteiger charge is 2.40. The number of fused-ring (bicyclic) bond motifs is 2. The number of ketones is 1. The van der Waals surface area contributed by atoms with Crippen molar-refractivity contribution in [1.82, 2.24) is 24.5 Å². The van der Waals surface area contributed by atoms with E-state index in [0.29, 0.717) is 27.6 Å². The molecule has 0 aliphatic carbocycles. The van der Waals surface area contributed by atoms with Gasteiger partial charge in [-0.15, -0.1) is 0 Å². The average Bonchev–Trinajstić information content (AvgIpc) is 3.86. The summed E-state index contributed by atoms with van der Waals surface area (Å²) in [6.45, 7) is 0.00651. The maximum absolute atomic E-state index is 15.0. The summed E-state index contributed by atoms with van der Waals surface area (Å²) in [5, 5.41) is 2.75. The number of piperidine rings is 1.